The second kappa shape index (κ2) is 5.23. The highest BCUT2D eigenvalue weighted by molar-refractivity contribution is 6.30. The summed E-state index contributed by atoms with van der Waals surface area (Å²) in [5.74, 6) is -0.811. The van der Waals surface area contributed by atoms with Crippen molar-refractivity contribution >= 4 is 17.6 Å². The van der Waals surface area contributed by atoms with E-state index in [1.54, 1.807) is 4.68 Å². The Morgan fingerprint density at radius 3 is 2.67 bits per heavy atom. The van der Waals surface area contributed by atoms with E-state index in [4.69, 9.17) is 16.7 Å². The maximum atomic E-state index is 10.5. The Hall–Kier alpha value is -1.81. The van der Waals surface area contributed by atoms with Crippen molar-refractivity contribution in [1.82, 2.24) is 9.78 Å². The molecular weight excluding hydrogens is 252 g/mol. The fourth-order valence-corrected chi connectivity index (χ4v) is 1.90. The molecule has 0 unspecified atom stereocenters. The summed E-state index contributed by atoms with van der Waals surface area (Å²) in [7, 11) is 1.84. The van der Waals surface area contributed by atoms with Crippen molar-refractivity contribution in [3.63, 3.8) is 0 Å². The molecule has 0 fully saturated rings. The quantitative estimate of drug-likeness (QED) is 0.924. The minimum absolute atomic E-state index is 0.0943. The summed E-state index contributed by atoms with van der Waals surface area (Å²) < 4.78 is 1.75. The van der Waals surface area contributed by atoms with Crippen LogP contribution < -0.4 is 0 Å². The lowest BCUT2D eigenvalue weighted by atomic mass is 10.1. The molecule has 0 amide bonds. The Balaban J connectivity index is 2.23. The summed E-state index contributed by atoms with van der Waals surface area (Å²) in [5, 5.41) is 13.6. The van der Waals surface area contributed by atoms with Crippen LogP contribution in [0.25, 0.3) is 11.3 Å². The van der Waals surface area contributed by atoms with Crippen LogP contribution in [0, 0.1) is 0 Å². The van der Waals surface area contributed by atoms with Crippen molar-refractivity contribution in [3.8, 4) is 11.3 Å². The first-order valence-electron chi connectivity index (χ1n) is 5.57. The molecule has 0 aliphatic heterocycles. The molecule has 0 spiro atoms. The van der Waals surface area contributed by atoms with Crippen LogP contribution in [0.4, 0.5) is 0 Å². The molecule has 0 radical (unpaired) electrons. The molecule has 2 rings (SSSR count). The Morgan fingerprint density at radius 1 is 1.39 bits per heavy atom. The van der Waals surface area contributed by atoms with E-state index >= 15 is 0 Å². The first kappa shape index (κ1) is 12.6. The Kier molecular flexibility index (Phi) is 3.67. The van der Waals surface area contributed by atoms with Crippen LogP contribution in [0.15, 0.2) is 30.3 Å². The van der Waals surface area contributed by atoms with Crippen molar-refractivity contribution in [2.75, 3.05) is 0 Å². The van der Waals surface area contributed by atoms with Gasteiger partial charge in [0.1, 0.15) is 0 Å². The molecule has 18 heavy (non-hydrogen) atoms. The molecule has 0 atom stereocenters. The van der Waals surface area contributed by atoms with E-state index in [1.807, 2.05) is 37.4 Å². The number of carbonyl (C=O) groups is 1. The van der Waals surface area contributed by atoms with E-state index < -0.39 is 5.97 Å². The van der Waals surface area contributed by atoms with Crippen LogP contribution in [0.2, 0.25) is 5.02 Å². The van der Waals surface area contributed by atoms with Gasteiger partial charge in [0.05, 0.1) is 17.8 Å². The first-order valence-corrected chi connectivity index (χ1v) is 5.94. The predicted molar refractivity (Wildman–Crippen MR) is 69.6 cm³/mol. The lowest BCUT2D eigenvalue weighted by Crippen LogP contribution is -1.99. The molecule has 0 aliphatic carbocycles. The monoisotopic (exact) mass is 264 g/mol. The third-order valence-corrected chi connectivity index (χ3v) is 2.92. The second-order valence-electron chi connectivity index (χ2n) is 4.05. The molecular formula is C13H13ClN2O2. The van der Waals surface area contributed by atoms with Gasteiger partial charge in [-0.25, -0.2) is 0 Å². The summed E-state index contributed by atoms with van der Waals surface area (Å²) in [6, 6.07) is 9.38. The van der Waals surface area contributed by atoms with Crippen LogP contribution in [-0.2, 0) is 18.3 Å². The van der Waals surface area contributed by atoms with Gasteiger partial charge in [0.15, 0.2) is 0 Å². The Bertz CT molecular complexity index is 561. The van der Waals surface area contributed by atoms with Gasteiger partial charge in [-0.3, -0.25) is 9.48 Å². The summed E-state index contributed by atoms with van der Waals surface area (Å²) >= 11 is 5.84. The fraction of sp³-hybridized carbons (Fsp3) is 0.231. The lowest BCUT2D eigenvalue weighted by Gasteiger charge is -2.01. The summed E-state index contributed by atoms with van der Waals surface area (Å²) in [6.45, 7) is 0. The maximum Gasteiger partial charge on any atom is 0.303 e. The topological polar surface area (TPSA) is 55.1 Å². The number of hydrogen-bond acceptors (Lipinski definition) is 2. The van der Waals surface area contributed by atoms with Gasteiger partial charge in [-0.15, -0.1) is 0 Å². The molecule has 0 saturated heterocycles. The maximum absolute atomic E-state index is 10.5. The zero-order valence-corrected chi connectivity index (χ0v) is 10.7. The highest BCUT2D eigenvalue weighted by atomic mass is 35.5. The average molecular weight is 265 g/mol. The first-order chi connectivity index (χ1) is 8.56. The van der Waals surface area contributed by atoms with Crippen molar-refractivity contribution in [1.29, 1.82) is 0 Å². The third kappa shape index (κ3) is 2.90. The molecule has 1 aromatic heterocycles. The van der Waals surface area contributed by atoms with E-state index in [2.05, 4.69) is 5.10 Å². The number of hydrogen-bond donors (Lipinski definition) is 1. The van der Waals surface area contributed by atoms with Crippen molar-refractivity contribution < 1.29 is 9.90 Å². The van der Waals surface area contributed by atoms with E-state index in [1.165, 1.54) is 0 Å². The number of nitrogens with zero attached hydrogens (tertiary/aromatic N) is 2. The number of rotatable bonds is 4. The van der Waals surface area contributed by atoms with E-state index in [9.17, 15) is 4.79 Å². The van der Waals surface area contributed by atoms with Crippen LogP contribution in [0.3, 0.4) is 0 Å². The molecule has 1 aromatic carbocycles. The average Bonchev–Trinajstić information content (AvgIpc) is 2.69. The number of halogens is 1. The molecule has 94 valence electrons. The molecule has 0 saturated carbocycles. The van der Waals surface area contributed by atoms with Gasteiger partial charge in [0, 0.05) is 18.5 Å². The van der Waals surface area contributed by atoms with E-state index in [0.717, 1.165) is 17.0 Å². The molecule has 0 aliphatic rings. The fourth-order valence-electron chi connectivity index (χ4n) is 1.77. The summed E-state index contributed by atoms with van der Waals surface area (Å²) in [4.78, 5) is 10.5. The van der Waals surface area contributed by atoms with Crippen LogP contribution >= 0.6 is 11.6 Å². The highest BCUT2D eigenvalue weighted by Crippen LogP contribution is 2.22. The van der Waals surface area contributed by atoms with Gasteiger partial charge >= 0.3 is 5.97 Å². The third-order valence-electron chi connectivity index (χ3n) is 2.67. The lowest BCUT2D eigenvalue weighted by molar-refractivity contribution is -0.136. The number of carboxylic acid groups (broad SMARTS) is 1. The normalized spacial score (nSPS) is 10.6. The number of benzene rings is 1. The van der Waals surface area contributed by atoms with Gasteiger partial charge in [0.2, 0.25) is 0 Å². The predicted octanol–water partition coefficient (Wildman–Crippen LogP) is 2.76. The second-order valence-corrected chi connectivity index (χ2v) is 4.48. The van der Waals surface area contributed by atoms with Gasteiger partial charge in [0.25, 0.3) is 0 Å². The molecule has 1 heterocycles. The molecule has 5 heteroatoms. The van der Waals surface area contributed by atoms with Gasteiger partial charge in [-0.2, -0.15) is 5.10 Å². The zero-order chi connectivity index (χ0) is 13.1. The zero-order valence-electron chi connectivity index (χ0n) is 9.93. The van der Waals surface area contributed by atoms with Gasteiger partial charge in [-0.05, 0) is 23.8 Å². The van der Waals surface area contributed by atoms with Crippen molar-refractivity contribution in [2.24, 2.45) is 7.05 Å². The Labute approximate surface area is 110 Å². The number of aliphatic carboxylic acids is 1. The van der Waals surface area contributed by atoms with Crippen molar-refractivity contribution in [3.05, 3.63) is 41.0 Å². The number of aromatic nitrogens is 2. The number of carboxylic acids is 1. The minimum Gasteiger partial charge on any atom is -0.481 e. The van der Waals surface area contributed by atoms with Crippen LogP contribution in [-0.4, -0.2) is 20.9 Å². The standard InChI is InChI=1S/C13H13ClN2O2/c1-16-12(9-2-4-10(14)5-3-9)8-11(15-16)6-7-13(17)18/h2-5,8H,6-7H2,1H3,(H,17,18). The number of aryl methyl sites for hydroxylation is 2. The van der Waals surface area contributed by atoms with Gasteiger partial charge < -0.3 is 5.11 Å². The molecule has 4 nitrogen and oxygen atoms in total. The van der Waals surface area contributed by atoms with Crippen LogP contribution in [0.1, 0.15) is 12.1 Å². The highest BCUT2D eigenvalue weighted by Gasteiger charge is 2.08. The van der Waals surface area contributed by atoms with Crippen LogP contribution in [0.5, 0.6) is 0 Å². The summed E-state index contributed by atoms with van der Waals surface area (Å²) in [5.41, 5.74) is 2.74. The Morgan fingerprint density at radius 2 is 2.06 bits per heavy atom. The van der Waals surface area contributed by atoms with E-state index in [-0.39, 0.29) is 6.42 Å². The molecule has 0 bridgehead atoms. The van der Waals surface area contributed by atoms with Gasteiger partial charge in [-0.1, -0.05) is 23.7 Å². The van der Waals surface area contributed by atoms with E-state index in [0.29, 0.717) is 11.4 Å². The summed E-state index contributed by atoms with van der Waals surface area (Å²) in [6.07, 6.45) is 0.536. The minimum atomic E-state index is -0.811. The SMILES string of the molecule is Cn1nc(CCC(=O)O)cc1-c1ccc(Cl)cc1. The molecule has 2 aromatic rings. The van der Waals surface area contributed by atoms with Crippen molar-refractivity contribution in [2.45, 2.75) is 12.8 Å². The smallest absolute Gasteiger partial charge is 0.303 e. The largest absolute Gasteiger partial charge is 0.481 e. The molecule has 1 N–H and O–H groups in total.